The first kappa shape index (κ1) is 14.2. The summed E-state index contributed by atoms with van der Waals surface area (Å²) in [7, 11) is 0. The van der Waals surface area contributed by atoms with Crippen LogP contribution in [0.15, 0.2) is 18.2 Å². The van der Waals surface area contributed by atoms with Gasteiger partial charge in [-0.15, -0.1) is 0 Å². The van der Waals surface area contributed by atoms with Gasteiger partial charge in [-0.3, -0.25) is 10.1 Å². The van der Waals surface area contributed by atoms with Gasteiger partial charge in [0.2, 0.25) is 0 Å². The Morgan fingerprint density at radius 3 is 2.90 bits per heavy atom. The van der Waals surface area contributed by atoms with E-state index in [-0.39, 0.29) is 10.6 Å². The van der Waals surface area contributed by atoms with E-state index >= 15 is 0 Å². The zero-order chi connectivity index (χ0) is 14.8. The lowest BCUT2D eigenvalue weighted by Gasteiger charge is -2.33. The lowest BCUT2D eigenvalue weighted by molar-refractivity contribution is -0.385. The number of anilines is 1. The van der Waals surface area contributed by atoms with Crippen molar-refractivity contribution >= 4 is 11.4 Å². The fourth-order valence-electron chi connectivity index (χ4n) is 3.83. The van der Waals surface area contributed by atoms with Gasteiger partial charge in [0, 0.05) is 30.4 Å². The molecule has 3 rings (SSSR count). The first-order chi connectivity index (χ1) is 10.2. The van der Waals surface area contributed by atoms with E-state index in [1.807, 2.05) is 19.1 Å². The van der Waals surface area contributed by atoms with Gasteiger partial charge in [-0.05, 0) is 38.2 Å². The van der Waals surface area contributed by atoms with E-state index in [1.165, 1.54) is 32.1 Å². The lowest BCUT2D eigenvalue weighted by atomic mass is 9.85. The summed E-state index contributed by atoms with van der Waals surface area (Å²) in [6.45, 7) is 3.35. The van der Waals surface area contributed by atoms with Crippen molar-refractivity contribution in [2.45, 2.75) is 45.1 Å². The van der Waals surface area contributed by atoms with Crippen molar-refractivity contribution in [1.82, 2.24) is 0 Å². The fraction of sp³-hybridized carbons (Fsp3) is 0.625. The number of rotatable bonds is 4. The molecule has 0 radical (unpaired) electrons. The van der Waals surface area contributed by atoms with Crippen LogP contribution in [-0.4, -0.2) is 24.1 Å². The summed E-state index contributed by atoms with van der Waals surface area (Å²) in [5.74, 6) is 1.18. The van der Waals surface area contributed by atoms with E-state index in [1.54, 1.807) is 6.07 Å². The predicted octanol–water partition coefficient (Wildman–Crippen LogP) is 3.76. The number of fused-ring (bicyclic) bond motifs is 1. The van der Waals surface area contributed by atoms with Gasteiger partial charge in [0.1, 0.15) is 0 Å². The molecule has 1 heterocycles. The van der Waals surface area contributed by atoms with E-state index in [2.05, 4.69) is 4.90 Å². The normalized spacial score (nSPS) is 24.7. The Balaban J connectivity index is 1.88. The molecular formula is C16H22N2O3. The number of nitrogens with zero attached hydrogens (tertiary/aromatic N) is 2. The molecule has 1 aromatic rings. The molecule has 0 spiro atoms. The molecule has 0 amide bonds. The van der Waals surface area contributed by atoms with Crippen LogP contribution in [0.4, 0.5) is 11.4 Å². The molecule has 0 N–H and O–H groups in total. The van der Waals surface area contributed by atoms with Gasteiger partial charge < -0.3 is 9.64 Å². The standard InChI is InChI=1S/C16H22N2O3/c1-2-21-16-11-13(7-8-15(16)18(19)20)17-10-9-12-5-3-4-6-14(12)17/h7-8,11-12,14H,2-6,9-10H2,1H3. The zero-order valence-electron chi connectivity index (χ0n) is 12.5. The fourth-order valence-corrected chi connectivity index (χ4v) is 3.83. The van der Waals surface area contributed by atoms with Gasteiger partial charge in [-0.1, -0.05) is 12.8 Å². The Bertz CT molecular complexity index is 532. The molecular weight excluding hydrogens is 268 g/mol. The maximum atomic E-state index is 11.1. The predicted molar refractivity (Wildman–Crippen MR) is 82.0 cm³/mol. The van der Waals surface area contributed by atoms with E-state index in [9.17, 15) is 10.1 Å². The minimum atomic E-state index is -0.373. The monoisotopic (exact) mass is 290 g/mol. The molecule has 0 bridgehead atoms. The van der Waals surface area contributed by atoms with Crippen molar-refractivity contribution in [3.05, 3.63) is 28.3 Å². The molecule has 1 saturated heterocycles. The number of hydrogen-bond donors (Lipinski definition) is 0. The molecule has 1 aliphatic heterocycles. The number of ether oxygens (including phenoxy) is 1. The SMILES string of the molecule is CCOc1cc(N2CCC3CCCCC32)ccc1[N+](=O)[O-]. The molecule has 5 nitrogen and oxygen atoms in total. The maximum absolute atomic E-state index is 11.1. The van der Waals surface area contributed by atoms with Gasteiger partial charge in [0.15, 0.2) is 5.75 Å². The Labute approximate surface area is 125 Å². The van der Waals surface area contributed by atoms with Crippen LogP contribution in [0.5, 0.6) is 5.75 Å². The van der Waals surface area contributed by atoms with Crippen LogP contribution in [0, 0.1) is 16.0 Å². The molecule has 1 saturated carbocycles. The van der Waals surface area contributed by atoms with E-state index in [0.717, 1.165) is 18.2 Å². The highest BCUT2D eigenvalue weighted by molar-refractivity contribution is 5.60. The first-order valence-corrected chi connectivity index (χ1v) is 7.88. The third-order valence-corrected chi connectivity index (χ3v) is 4.78. The highest BCUT2D eigenvalue weighted by Gasteiger charge is 2.36. The van der Waals surface area contributed by atoms with Crippen LogP contribution in [0.1, 0.15) is 39.0 Å². The van der Waals surface area contributed by atoms with Crippen molar-refractivity contribution in [2.24, 2.45) is 5.92 Å². The summed E-state index contributed by atoms with van der Waals surface area (Å²) in [6.07, 6.45) is 6.45. The van der Waals surface area contributed by atoms with Crippen molar-refractivity contribution in [2.75, 3.05) is 18.1 Å². The van der Waals surface area contributed by atoms with E-state index in [4.69, 9.17) is 4.74 Å². The Kier molecular flexibility index (Phi) is 3.99. The van der Waals surface area contributed by atoms with Gasteiger partial charge >= 0.3 is 5.69 Å². The smallest absolute Gasteiger partial charge is 0.311 e. The van der Waals surface area contributed by atoms with E-state index < -0.39 is 0 Å². The largest absolute Gasteiger partial charge is 0.487 e. The van der Waals surface area contributed by atoms with Crippen LogP contribution in [0.25, 0.3) is 0 Å². The molecule has 1 aliphatic carbocycles. The molecule has 2 aliphatic rings. The average Bonchev–Trinajstić information content (AvgIpc) is 2.91. The minimum absolute atomic E-state index is 0.0555. The van der Waals surface area contributed by atoms with Crippen LogP contribution in [-0.2, 0) is 0 Å². The minimum Gasteiger partial charge on any atom is -0.487 e. The van der Waals surface area contributed by atoms with Gasteiger partial charge in [0.05, 0.1) is 11.5 Å². The van der Waals surface area contributed by atoms with Crippen molar-refractivity contribution in [3.63, 3.8) is 0 Å². The van der Waals surface area contributed by atoms with E-state index in [0.29, 0.717) is 18.4 Å². The summed E-state index contributed by atoms with van der Waals surface area (Å²) >= 11 is 0. The topological polar surface area (TPSA) is 55.6 Å². The number of nitro groups is 1. The average molecular weight is 290 g/mol. The molecule has 5 heteroatoms. The summed E-state index contributed by atoms with van der Waals surface area (Å²) in [4.78, 5) is 13.1. The second-order valence-electron chi connectivity index (χ2n) is 5.94. The summed E-state index contributed by atoms with van der Waals surface area (Å²) in [6, 6.07) is 5.90. The number of hydrogen-bond acceptors (Lipinski definition) is 4. The lowest BCUT2D eigenvalue weighted by Crippen LogP contribution is -2.34. The number of benzene rings is 1. The summed E-state index contributed by atoms with van der Waals surface area (Å²) in [5, 5.41) is 11.1. The third-order valence-electron chi connectivity index (χ3n) is 4.78. The molecule has 0 aromatic heterocycles. The Hall–Kier alpha value is -1.78. The summed E-state index contributed by atoms with van der Waals surface area (Å²) in [5.41, 5.74) is 1.12. The summed E-state index contributed by atoms with van der Waals surface area (Å²) < 4.78 is 5.47. The second-order valence-corrected chi connectivity index (χ2v) is 5.94. The molecule has 2 unspecified atom stereocenters. The highest BCUT2D eigenvalue weighted by atomic mass is 16.6. The second kappa shape index (κ2) is 5.92. The maximum Gasteiger partial charge on any atom is 0.311 e. The first-order valence-electron chi connectivity index (χ1n) is 7.88. The molecule has 2 fully saturated rings. The van der Waals surface area contributed by atoms with Crippen molar-refractivity contribution < 1.29 is 9.66 Å². The molecule has 114 valence electrons. The Morgan fingerprint density at radius 1 is 1.33 bits per heavy atom. The van der Waals surface area contributed by atoms with Crippen molar-refractivity contribution in [1.29, 1.82) is 0 Å². The highest BCUT2D eigenvalue weighted by Crippen LogP contribution is 2.41. The van der Waals surface area contributed by atoms with Gasteiger partial charge in [-0.2, -0.15) is 0 Å². The van der Waals surface area contributed by atoms with Gasteiger partial charge in [0.25, 0.3) is 0 Å². The zero-order valence-corrected chi connectivity index (χ0v) is 12.5. The third kappa shape index (κ3) is 2.69. The van der Waals surface area contributed by atoms with Crippen LogP contribution in [0.3, 0.4) is 0 Å². The van der Waals surface area contributed by atoms with Gasteiger partial charge in [-0.25, -0.2) is 0 Å². The quantitative estimate of drug-likeness (QED) is 0.626. The van der Waals surface area contributed by atoms with Crippen molar-refractivity contribution in [3.8, 4) is 5.75 Å². The molecule has 21 heavy (non-hydrogen) atoms. The molecule has 1 aromatic carbocycles. The van der Waals surface area contributed by atoms with Crippen LogP contribution < -0.4 is 9.64 Å². The van der Waals surface area contributed by atoms with Crippen LogP contribution >= 0.6 is 0 Å². The number of nitro benzene ring substituents is 1. The van der Waals surface area contributed by atoms with Crippen LogP contribution in [0.2, 0.25) is 0 Å². The molecule has 2 atom stereocenters. The Morgan fingerprint density at radius 2 is 2.14 bits per heavy atom.